The Hall–Kier alpha value is -1.19. The molecule has 1 saturated heterocycles. The lowest BCUT2D eigenvalue weighted by atomic mass is 10.2. The molecule has 0 aliphatic carbocycles. The van der Waals surface area contributed by atoms with Crippen LogP contribution in [0.2, 0.25) is 0 Å². The lowest BCUT2D eigenvalue weighted by Gasteiger charge is -2.31. The minimum Gasteiger partial charge on any atom is -0.322 e. The molecule has 2 amide bonds. The Morgan fingerprint density at radius 1 is 1.06 bits per heavy atom. The van der Waals surface area contributed by atoms with Crippen molar-refractivity contribution in [2.45, 2.75) is 18.4 Å². The van der Waals surface area contributed by atoms with Gasteiger partial charge in [-0.1, -0.05) is 0 Å². The van der Waals surface area contributed by atoms with Crippen LogP contribution in [0.3, 0.4) is 0 Å². The number of nitrogens with zero attached hydrogens (tertiary/aromatic N) is 1. The van der Waals surface area contributed by atoms with Crippen LogP contribution in [0.5, 0.6) is 0 Å². The molecule has 1 fully saturated rings. The SMILES string of the molecule is O=C(NC(C(F)(F)F)C(F)(F)F)N1CCNCC1. The molecule has 0 aromatic heterocycles. The summed E-state index contributed by atoms with van der Waals surface area (Å²) in [4.78, 5) is 12.2. The average Bonchev–Trinajstić information content (AvgIpc) is 2.23. The van der Waals surface area contributed by atoms with E-state index in [2.05, 4.69) is 5.32 Å². The molecule has 18 heavy (non-hydrogen) atoms. The van der Waals surface area contributed by atoms with Gasteiger partial charge >= 0.3 is 18.4 Å². The van der Waals surface area contributed by atoms with Gasteiger partial charge in [-0.3, -0.25) is 0 Å². The molecule has 0 bridgehead atoms. The van der Waals surface area contributed by atoms with Crippen LogP contribution >= 0.6 is 0 Å². The van der Waals surface area contributed by atoms with Gasteiger partial charge in [0.15, 0.2) is 0 Å². The molecule has 0 saturated carbocycles. The van der Waals surface area contributed by atoms with Crippen LogP contribution in [0.25, 0.3) is 0 Å². The van der Waals surface area contributed by atoms with Crippen LogP contribution in [0.15, 0.2) is 0 Å². The number of carbonyl (C=O) groups is 1. The Morgan fingerprint density at radius 2 is 1.50 bits per heavy atom. The first-order valence-electron chi connectivity index (χ1n) is 5.02. The maximum Gasteiger partial charge on any atom is 0.417 e. The molecule has 1 rings (SSSR count). The lowest BCUT2D eigenvalue weighted by molar-refractivity contribution is -0.255. The molecule has 0 aromatic carbocycles. The zero-order valence-electron chi connectivity index (χ0n) is 9.03. The molecule has 1 aliphatic heterocycles. The van der Waals surface area contributed by atoms with Crippen LogP contribution in [0.1, 0.15) is 0 Å². The summed E-state index contributed by atoms with van der Waals surface area (Å²) in [5, 5.41) is 3.79. The van der Waals surface area contributed by atoms with E-state index in [0.29, 0.717) is 13.1 Å². The maximum absolute atomic E-state index is 12.2. The molecule has 0 atom stereocenters. The molecule has 4 nitrogen and oxygen atoms in total. The summed E-state index contributed by atoms with van der Waals surface area (Å²) in [6.45, 7) is 0.786. The zero-order chi connectivity index (χ0) is 14.0. The van der Waals surface area contributed by atoms with Crippen molar-refractivity contribution < 1.29 is 31.1 Å². The van der Waals surface area contributed by atoms with Crippen LogP contribution in [-0.4, -0.2) is 55.5 Å². The van der Waals surface area contributed by atoms with Crippen molar-refractivity contribution in [3.8, 4) is 0 Å². The number of piperazine rings is 1. The third-order valence-electron chi connectivity index (χ3n) is 2.33. The standard InChI is InChI=1S/C8H11F6N3O/c9-7(10,11)5(8(12,13)14)16-6(18)17-3-1-15-2-4-17/h5,15H,1-4H2,(H,16,18). The number of halogens is 6. The molecule has 1 aliphatic rings. The third-order valence-corrected chi connectivity index (χ3v) is 2.33. The minimum absolute atomic E-state index is 0.0638. The number of hydrogen-bond donors (Lipinski definition) is 2. The van der Waals surface area contributed by atoms with E-state index in [1.54, 1.807) is 0 Å². The molecule has 0 spiro atoms. The number of nitrogens with one attached hydrogen (secondary N) is 2. The van der Waals surface area contributed by atoms with E-state index in [1.165, 1.54) is 0 Å². The second-order valence-corrected chi connectivity index (χ2v) is 3.70. The second kappa shape index (κ2) is 5.21. The smallest absolute Gasteiger partial charge is 0.322 e. The van der Waals surface area contributed by atoms with Crippen LogP contribution in [-0.2, 0) is 0 Å². The van der Waals surface area contributed by atoms with E-state index in [9.17, 15) is 31.1 Å². The van der Waals surface area contributed by atoms with Gasteiger partial charge in [0.05, 0.1) is 0 Å². The molecule has 1 heterocycles. The van der Waals surface area contributed by atoms with Crippen molar-refractivity contribution in [1.29, 1.82) is 0 Å². The highest BCUT2D eigenvalue weighted by Crippen LogP contribution is 2.33. The Morgan fingerprint density at radius 3 is 1.89 bits per heavy atom. The van der Waals surface area contributed by atoms with Gasteiger partial charge in [0, 0.05) is 26.2 Å². The number of rotatable bonds is 1. The van der Waals surface area contributed by atoms with Crippen LogP contribution in [0, 0.1) is 0 Å². The van der Waals surface area contributed by atoms with E-state index in [1.807, 2.05) is 0 Å². The normalized spacial score (nSPS) is 18.1. The molecule has 0 unspecified atom stereocenters. The van der Waals surface area contributed by atoms with Gasteiger partial charge in [-0.2, -0.15) is 26.3 Å². The fourth-order valence-corrected chi connectivity index (χ4v) is 1.43. The van der Waals surface area contributed by atoms with Crippen molar-refractivity contribution >= 4 is 6.03 Å². The van der Waals surface area contributed by atoms with E-state index in [-0.39, 0.29) is 13.1 Å². The maximum atomic E-state index is 12.2. The third kappa shape index (κ3) is 3.93. The van der Waals surface area contributed by atoms with Crippen molar-refractivity contribution in [3.63, 3.8) is 0 Å². The molecule has 2 N–H and O–H groups in total. The van der Waals surface area contributed by atoms with E-state index >= 15 is 0 Å². The summed E-state index contributed by atoms with van der Waals surface area (Å²) < 4.78 is 73.1. The van der Waals surface area contributed by atoms with E-state index in [4.69, 9.17) is 0 Å². The summed E-state index contributed by atoms with van der Waals surface area (Å²) >= 11 is 0. The molecule has 0 aromatic rings. The fourth-order valence-electron chi connectivity index (χ4n) is 1.43. The van der Waals surface area contributed by atoms with Gasteiger partial charge in [0.1, 0.15) is 0 Å². The average molecular weight is 279 g/mol. The number of alkyl halides is 6. The first-order chi connectivity index (χ1) is 8.12. The molecule has 10 heteroatoms. The highest BCUT2D eigenvalue weighted by atomic mass is 19.4. The Labute approximate surface area is 98.3 Å². The monoisotopic (exact) mass is 279 g/mol. The number of carbonyl (C=O) groups excluding carboxylic acids is 1. The first-order valence-corrected chi connectivity index (χ1v) is 5.02. The number of hydrogen-bond acceptors (Lipinski definition) is 2. The zero-order valence-corrected chi connectivity index (χ0v) is 9.03. The van der Waals surface area contributed by atoms with Gasteiger partial charge in [0.2, 0.25) is 6.04 Å². The van der Waals surface area contributed by atoms with Gasteiger partial charge in [0.25, 0.3) is 0 Å². The number of urea groups is 1. The van der Waals surface area contributed by atoms with Crippen LogP contribution < -0.4 is 10.6 Å². The van der Waals surface area contributed by atoms with Crippen molar-refractivity contribution in [2.75, 3.05) is 26.2 Å². The van der Waals surface area contributed by atoms with Crippen molar-refractivity contribution in [3.05, 3.63) is 0 Å². The quantitative estimate of drug-likeness (QED) is 0.706. The van der Waals surface area contributed by atoms with E-state index in [0.717, 1.165) is 10.2 Å². The highest BCUT2D eigenvalue weighted by molar-refractivity contribution is 5.74. The Bertz CT molecular complexity index is 282. The number of amides is 2. The fraction of sp³-hybridized carbons (Fsp3) is 0.875. The highest BCUT2D eigenvalue weighted by Gasteiger charge is 2.57. The first kappa shape index (κ1) is 14.9. The topological polar surface area (TPSA) is 44.4 Å². The summed E-state index contributed by atoms with van der Waals surface area (Å²) in [5.74, 6) is 0. The van der Waals surface area contributed by atoms with Crippen LogP contribution in [0.4, 0.5) is 31.1 Å². The largest absolute Gasteiger partial charge is 0.417 e. The van der Waals surface area contributed by atoms with Gasteiger partial charge in [-0.05, 0) is 0 Å². The summed E-state index contributed by atoms with van der Waals surface area (Å²) in [5.41, 5.74) is 0. The Balaban J connectivity index is 2.69. The molecule has 106 valence electrons. The predicted molar refractivity (Wildman–Crippen MR) is 48.9 cm³/mol. The minimum atomic E-state index is -5.57. The van der Waals surface area contributed by atoms with E-state index < -0.39 is 24.4 Å². The molecular weight excluding hydrogens is 268 g/mol. The van der Waals surface area contributed by atoms with Gasteiger partial charge in [-0.15, -0.1) is 0 Å². The van der Waals surface area contributed by atoms with Gasteiger partial charge < -0.3 is 15.5 Å². The second-order valence-electron chi connectivity index (χ2n) is 3.70. The summed E-state index contributed by atoms with van der Waals surface area (Å²) in [6, 6.07) is -5.21. The Kier molecular flexibility index (Phi) is 4.30. The lowest BCUT2D eigenvalue weighted by Crippen LogP contribution is -2.59. The van der Waals surface area contributed by atoms with Crippen molar-refractivity contribution in [2.24, 2.45) is 0 Å². The predicted octanol–water partition coefficient (Wildman–Crippen LogP) is 1.09. The van der Waals surface area contributed by atoms with Gasteiger partial charge in [-0.25, -0.2) is 4.79 Å². The summed E-state index contributed by atoms with van der Waals surface area (Å²) in [6.07, 6.45) is -11.1. The molecular formula is C8H11F6N3O. The molecule has 0 radical (unpaired) electrons. The summed E-state index contributed by atoms with van der Waals surface area (Å²) in [7, 11) is 0. The van der Waals surface area contributed by atoms with Crippen molar-refractivity contribution in [1.82, 2.24) is 15.5 Å².